The molecular weight excluding hydrogens is 378 g/mol. The maximum absolute atomic E-state index is 12.8. The molecule has 0 saturated carbocycles. The summed E-state index contributed by atoms with van der Waals surface area (Å²) in [6.45, 7) is 9.34. The smallest absolute Gasteiger partial charge is 0.413 e. The summed E-state index contributed by atoms with van der Waals surface area (Å²) in [5.41, 5.74) is -0.980. The molecule has 0 unspecified atom stereocenters. The van der Waals surface area contributed by atoms with Crippen LogP contribution >= 0.6 is 11.8 Å². The highest BCUT2D eigenvalue weighted by Gasteiger charge is 2.45. The number of thioether (sulfide) groups is 1. The number of nitrogens with zero attached hydrogens (tertiary/aromatic N) is 1. The molecule has 1 aromatic rings. The molecule has 0 spiro atoms. The second kappa shape index (κ2) is 9.01. The van der Waals surface area contributed by atoms with Crippen LogP contribution in [0, 0.1) is 0 Å². The number of rotatable bonds is 5. The Morgan fingerprint density at radius 2 is 1.93 bits per heavy atom. The van der Waals surface area contributed by atoms with Crippen LogP contribution in [0.2, 0.25) is 0 Å². The quantitative estimate of drug-likeness (QED) is 0.413. The molecule has 0 N–H and O–H groups in total. The Kier molecular flexibility index (Phi) is 7.17. The van der Waals surface area contributed by atoms with E-state index in [9.17, 15) is 9.59 Å². The van der Waals surface area contributed by atoms with Crippen molar-refractivity contribution in [1.82, 2.24) is 4.90 Å². The monoisotopic (exact) mass is 407 g/mol. The first-order valence-electron chi connectivity index (χ1n) is 9.16. The molecule has 1 saturated heterocycles. The van der Waals surface area contributed by atoms with Gasteiger partial charge in [0.05, 0.1) is 19.8 Å². The molecule has 154 valence electrons. The van der Waals surface area contributed by atoms with Gasteiger partial charge in [0, 0.05) is 16.2 Å². The Morgan fingerprint density at radius 1 is 1.29 bits per heavy atom. The largest absolute Gasteiger partial charge is 0.466 e. The van der Waals surface area contributed by atoms with Crippen LogP contribution in [0.15, 0.2) is 46.9 Å². The molecule has 1 fully saturated rings. The molecule has 28 heavy (non-hydrogen) atoms. The first kappa shape index (κ1) is 22.3. The molecule has 6 nitrogen and oxygen atoms in total. The van der Waals surface area contributed by atoms with E-state index in [1.165, 1.54) is 23.8 Å². The highest BCUT2D eigenvalue weighted by Crippen LogP contribution is 2.31. The predicted molar refractivity (Wildman–Crippen MR) is 109 cm³/mol. The maximum atomic E-state index is 12.8. The van der Waals surface area contributed by atoms with Crippen molar-refractivity contribution in [1.29, 1.82) is 0 Å². The molecule has 0 aliphatic carbocycles. The average Bonchev–Trinajstić information content (AvgIpc) is 2.91. The summed E-state index contributed by atoms with van der Waals surface area (Å²) in [6, 6.07) is 9.37. The number of amides is 1. The number of esters is 1. The number of benzene rings is 1. The lowest BCUT2D eigenvalue weighted by Crippen LogP contribution is -2.49. The topological polar surface area (TPSA) is 65.1 Å². The number of hydrogen-bond acceptors (Lipinski definition) is 6. The van der Waals surface area contributed by atoms with E-state index in [0.29, 0.717) is 11.3 Å². The van der Waals surface area contributed by atoms with Gasteiger partial charge in [-0.1, -0.05) is 18.2 Å². The molecule has 1 heterocycles. The van der Waals surface area contributed by atoms with Gasteiger partial charge in [0.15, 0.2) is 0 Å². The van der Waals surface area contributed by atoms with Crippen molar-refractivity contribution >= 4 is 23.8 Å². The van der Waals surface area contributed by atoms with Crippen molar-refractivity contribution in [3.8, 4) is 0 Å². The zero-order chi connectivity index (χ0) is 20.9. The van der Waals surface area contributed by atoms with Crippen LogP contribution in [0.1, 0.15) is 34.6 Å². The molecular formula is C21H29NO5S. The van der Waals surface area contributed by atoms with Gasteiger partial charge in [0.2, 0.25) is 0 Å². The molecule has 1 atom stereocenters. The van der Waals surface area contributed by atoms with Gasteiger partial charge in [0.1, 0.15) is 11.3 Å². The molecule has 0 radical (unpaired) electrons. The van der Waals surface area contributed by atoms with Gasteiger partial charge in [-0.25, -0.2) is 9.59 Å². The van der Waals surface area contributed by atoms with E-state index < -0.39 is 29.4 Å². The molecule has 1 amide bonds. The summed E-state index contributed by atoms with van der Waals surface area (Å²) in [5, 5.41) is 0. The van der Waals surface area contributed by atoms with Crippen LogP contribution in [0.5, 0.6) is 0 Å². The van der Waals surface area contributed by atoms with Crippen LogP contribution in [0.3, 0.4) is 0 Å². The van der Waals surface area contributed by atoms with Gasteiger partial charge in [0.25, 0.3) is 0 Å². The van der Waals surface area contributed by atoms with E-state index in [2.05, 4.69) is 0 Å². The van der Waals surface area contributed by atoms with E-state index in [1.807, 2.05) is 51.1 Å². The van der Waals surface area contributed by atoms with E-state index in [4.69, 9.17) is 14.2 Å². The van der Waals surface area contributed by atoms with Crippen molar-refractivity contribution in [2.45, 2.75) is 56.9 Å². The van der Waals surface area contributed by atoms with Gasteiger partial charge in [-0.05, 0) is 52.8 Å². The lowest BCUT2D eigenvalue weighted by molar-refractivity contribution is -0.136. The third-order valence-corrected chi connectivity index (χ3v) is 5.15. The Labute approximate surface area is 171 Å². The molecule has 2 rings (SSSR count). The van der Waals surface area contributed by atoms with Crippen molar-refractivity contribution in [2.24, 2.45) is 0 Å². The number of methoxy groups -OCH3 is 1. The zero-order valence-corrected chi connectivity index (χ0v) is 18.2. The third-order valence-electron chi connectivity index (χ3n) is 4.09. The van der Waals surface area contributed by atoms with E-state index in [0.717, 1.165) is 4.90 Å². The summed E-state index contributed by atoms with van der Waals surface area (Å²) in [7, 11) is 1.35. The third kappa shape index (κ3) is 6.01. The van der Waals surface area contributed by atoms with Crippen LogP contribution < -0.4 is 0 Å². The standard InChI is InChI=1S/C21H29NO5S/c1-20(2,3)27-19(24)22-16(13-26-21(22,4)5)12-15(18(23)25-6)14-28-17-10-8-7-9-11-17/h7-12,16H,13-14H2,1-6H3/b15-12+/t16-/m0/s1. The highest BCUT2D eigenvalue weighted by molar-refractivity contribution is 7.99. The second-order valence-corrected chi connectivity index (χ2v) is 9.01. The highest BCUT2D eigenvalue weighted by atomic mass is 32.2. The minimum Gasteiger partial charge on any atom is -0.466 e. The van der Waals surface area contributed by atoms with Crippen molar-refractivity contribution in [3.05, 3.63) is 42.0 Å². The SMILES string of the molecule is COC(=O)/C(=C/[C@H]1COC(C)(C)N1C(=O)OC(C)(C)C)CSc1ccccc1. The van der Waals surface area contributed by atoms with E-state index in [-0.39, 0.29) is 6.61 Å². The summed E-state index contributed by atoms with van der Waals surface area (Å²) < 4.78 is 16.3. The molecule has 1 aromatic carbocycles. The van der Waals surface area contributed by atoms with Gasteiger partial charge in [-0.3, -0.25) is 4.90 Å². The van der Waals surface area contributed by atoms with Crippen molar-refractivity contribution < 1.29 is 23.8 Å². The average molecular weight is 408 g/mol. The van der Waals surface area contributed by atoms with Crippen LogP contribution in [-0.2, 0) is 19.0 Å². The van der Waals surface area contributed by atoms with Crippen molar-refractivity contribution in [2.75, 3.05) is 19.5 Å². The second-order valence-electron chi connectivity index (χ2n) is 7.96. The molecule has 1 aliphatic heterocycles. The zero-order valence-electron chi connectivity index (χ0n) is 17.4. The number of carbonyl (C=O) groups excluding carboxylic acids is 2. The fraction of sp³-hybridized carbons (Fsp3) is 0.524. The van der Waals surface area contributed by atoms with Gasteiger partial charge in [-0.2, -0.15) is 0 Å². The van der Waals surface area contributed by atoms with Gasteiger partial charge >= 0.3 is 12.1 Å². The molecule has 0 aromatic heterocycles. The maximum Gasteiger partial charge on any atom is 0.413 e. The Bertz CT molecular complexity index is 724. The number of carbonyl (C=O) groups is 2. The van der Waals surface area contributed by atoms with E-state index >= 15 is 0 Å². The lowest BCUT2D eigenvalue weighted by Gasteiger charge is -2.34. The van der Waals surface area contributed by atoms with Gasteiger partial charge in [-0.15, -0.1) is 11.8 Å². The molecule has 7 heteroatoms. The van der Waals surface area contributed by atoms with Gasteiger partial charge < -0.3 is 14.2 Å². The predicted octanol–water partition coefficient (Wildman–Crippen LogP) is 4.25. The first-order valence-corrected chi connectivity index (χ1v) is 10.1. The number of ether oxygens (including phenoxy) is 3. The summed E-state index contributed by atoms with van der Waals surface area (Å²) in [4.78, 5) is 27.7. The fourth-order valence-corrected chi connectivity index (χ4v) is 3.72. The Balaban J connectivity index is 2.24. The summed E-state index contributed by atoms with van der Waals surface area (Å²) in [6.07, 6.45) is 1.27. The minimum absolute atomic E-state index is 0.280. The molecule has 0 bridgehead atoms. The Morgan fingerprint density at radius 3 is 2.50 bits per heavy atom. The lowest BCUT2D eigenvalue weighted by atomic mass is 10.1. The number of hydrogen-bond donors (Lipinski definition) is 0. The summed E-state index contributed by atoms with van der Waals surface area (Å²) >= 11 is 1.53. The van der Waals surface area contributed by atoms with Crippen LogP contribution in [0.25, 0.3) is 0 Å². The minimum atomic E-state index is -0.836. The van der Waals surface area contributed by atoms with Crippen molar-refractivity contribution in [3.63, 3.8) is 0 Å². The molecule has 1 aliphatic rings. The first-order chi connectivity index (χ1) is 13.0. The Hall–Kier alpha value is -1.99. The van der Waals surface area contributed by atoms with Crippen LogP contribution in [-0.4, -0.2) is 53.8 Å². The fourth-order valence-electron chi connectivity index (χ4n) is 2.84. The van der Waals surface area contributed by atoms with Crippen LogP contribution in [0.4, 0.5) is 4.79 Å². The summed E-state index contributed by atoms with van der Waals surface area (Å²) in [5.74, 6) is 0.00717. The van der Waals surface area contributed by atoms with E-state index in [1.54, 1.807) is 19.9 Å². The normalized spacial score (nSPS) is 19.4.